The quantitative estimate of drug-likeness (QED) is 0.482. The highest BCUT2D eigenvalue weighted by molar-refractivity contribution is 6.14. The SMILES string of the molecule is Cc1ccc(C(=O)c2ccccc2C(=O)O[C@@H](C)C(=O)Nc2ccc(F)cc2)cc1. The van der Waals surface area contributed by atoms with E-state index in [1.807, 2.05) is 19.1 Å². The zero-order valence-electron chi connectivity index (χ0n) is 16.5. The van der Waals surface area contributed by atoms with E-state index in [9.17, 15) is 18.8 Å². The molecule has 1 amide bonds. The van der Waals surface area contributed by atoms with Crippen LogP contribution in [0.15, 0.2) is 72.8 Å². The number of carbonyl (C=O) groups is 3. The van der Waals surface area contributed by atoms with Gasteiger partial charge in [-0.2, -0.15) is 0 Å². The van der Waals surface area contributed by atoms with Crippen LogP contribution in [0.25, 0.3) is 0 Å². The number of hydrogen-bond donors (Lipinski definition) is 1. The van der Waals surface area contributed by atoms with E-state index in [1.165, 1.54) is 37.3 Å². The van der Waals surface area contributed by atoms with Crippen LogP contribution in [0.5, 0.6) is 0 Å². The monoisotopic (exact) mass is 405 g/mol. The molecule has 0 saturated heterocycles. The minimum absolute atomic E-state index is 0.0736. The average molecular weight is 405 g/mol. The number of benzene rings is 3. The molecule has 0 fully saturated rings. The smallest absolute Gasteiger partial charge is 0.339 e. The second-order valence-electron chi connectivity index (χ2n) is 6.78. The van der Waals surface area contributed by atoms with Crippen LogP contribution in [0.4, 0.5) is 10.1 Å². The topological polar surface area (TPSA) is 72.5 Å². The summed E-state index contributed by atoms with van der Waals surface area (Å²) in [4.78, 5) is 37.8. The third-order valence-electron chi connectivity index (χ3n) is 4.47. The van der Waals surface area contributed by atoms with E-state index >= 15 is 0 Å². The average Bonchev–Trinajstić information content (AvgIpc) is 2.75. The Balaban J connectivity index is 1.73. The molecule has 3 rings (SSSR count). The largest absolute Gasteiger partial charge is 0.449 e. The molecule has 0 bridgehead atoms. The van der Waals surface area contributed by atoms with Crippen molar-refractivity contribution >= 4 is 23.3 Å². The standard InChI is InChI=1S/C24H20FNO4/c1-15-7-9-17(10-8-15)22(27)20-5-3-4-6-21(20)24(29)30-16(2)23(28)26-19-13-11-18(25)12-14-19/h3-14,16H,1-2H3,(H,26,28)/t16-/m0/s1. The van der Waals surface area contributed by atoms with Crippen LogP contribution in [0.3, 0.4) is 0 Å². The Kier molecular flexibility index (Phi) is 6.37. The number of ether oxygens (including phenoxy) is 1. The molecule has 152 valence electrons. The van der Waals surface area contributed by atoms with Crippen LogP contribution in [-0.2, 0) is 9.53 Å². The summed E-state index contributed by atoms with van der Waals surface area (Å²) in [5.74, 6) is -2.10. The molecule has 0 radical (unpaired) electrons. The second-order valence-corrected chi connectivity index (χ2v) is 6.78. The summed E-state index contributed by atoms with van der Waals surface area (Å²) >= 11 is 0. The van der Waals surface area contributed by atoms with Gasteiger partial charge in [0.25, 0.3) is 5.91 Å². The van der Waals surface area contributed by atoms with Gasteiger partial charge in [-0.3, -0.25) is 9.59 Å². The highest BCUT2D eigenvalue weighted by atomic mass is 19.1. The molecular weight excluding hydrogens is 385 g/mol. The Morgan fingerprint density at radius 3 is 2.10 bits per heavy atom. The fourth-order valence-electron chi connectivity index (χ4n) is 2.77. The number of carbonyl (C=O) groups excluding carboxylic acids is 3. The van der Waals surface area contributed by atoms with Crippen molar-refractivity contribution in [3.05, 3.63) is 101 Å². The summed E-state index contributed by atoms with van der Waals surface area (Å²) in [6.45, 7) is 3.33. The lowest BCUT2D eigenvalue weighted by Gasteiger charge is -2.15. The van der Waals surface area contributed by atoms with Crippen molar-refractivity contribution in [2.75, 3.05) is 5.32 Å². The number of esters is 1. The van der Waals surface area contributed by atoms with Gasteiger partial charge in [0.2, 0.25) is 0 Å². The lowest BCUT2D eigenvalue weighted by atomic mass is 9.98. The Hall–Kier alpha value is -3.80. The molecule has 0 aliphatic rings. The first kappa shape index (κ1) is 20.9. The Morgan fingerprint density at radius 1 is 0.867 bits per heavy atom. The minimum Gasteiger partial charge on any atom is -0.449 e. The van der Waals surface area contributed by atoms with Crippen LogP contribution in [0.2, 0.25) is 0 Å². The number of rotatable bonds is 6. The number of anilines is 1. The Labute approximate surface area is 173 Å². The van der Waals surface area contributed by atoms with Gasteiger partial charge < -0.3 is 10.1 Å². The van der Waals surface area contributed by atoms with Gasteiger partial charge in [-0.1, -0.05) is 48.0 Å². The molecule has 0 aliphatic heterocycles. The van der Waals surface area contributed by atoms with E-state index < -0.39 is 23.8 Å². The summed E-state index contributed by atoms with van der Waals surface area (Å²) in [5.41, 5.74) is 2.10. The van der Waals surface area contributed by atoms with Gasteiger partial charge in [0.05, 0.1) is 5.56 Å². The maximum Gasteiger partial charge on any atom is 0.339 e. The predicted molar refractivity (Wildman–Crippen MR) is 111 cm³/mol. The van der Waals surface area contributed by atoms with E-state index in [1.54, 1.807) is 30.3 Å². The predicted octanol–water partition coefficient (Wildman–Crippen LogP) is 4.55. The zero-order valence-corrected chi connectivity index (χ0v) is 16.5. The van der Waals surface area contributed by atoms with Crippen molar-refractivity contribution in [3.8, 4) is 0 Å². The summed E-state index contributed by atoms with van der Waals surface area (Å²) < 4.78 is 18.2. The molecule has 0 heterocycles. The summed E-state index contributed by atoms with van der Waals surface area (Å²) in [6, 6.07) is 18.5. The van der Waals surface area contributed by atoms with Gasteiger partial charge in [-0.05, 0) is 44.2 Å². The van der Waals surface area contributed by atoms with Gasteiger partial charge in [0.1, 0.15) is 5.82 Å². The lowest BCUT2D eigenvalue weighted by Crippen LogP contribution is -2.30. The van der Waals surface area contributed by atoms with Gasteiger partial charge in [0.15, 0.2) is 11.9 Å². The number of halogens is 1. The third-order valence-corrected chi connectivity index (χ3v) is 4.47. The first-order valence-corrected chi connectivity index (χ1v) is 9.33. The molecule has 0 saturated carbocycles. The van der Waals surface area contributed by atoms with Crippen LogP contribution >= 0.6 is 0 Å². The van der Waals surface area contributed by atoms with E-state index in [-0.39, 0.29) is 16.9 Å². The lowest BCUT2D eigenvalue weighted by molar-refractivity contribution is -0.123. The number of amides is 1. The van der Waals surface area contributed by atoms with Gasteiger partial charge >= 0.3 is 5.97 Å². The third kappa shape index (κ3) is 4.97. The fraction of sp³-hybridized carbons (Fsp3) is 0.125. The highest BCUT2D eigenvalue weighted by Gasteiger charge is 2.23. The van der Waals surface area contributed by atoms with Crippen molar-refractivity contribution in [2.24, 2.45) is 0 Å². The van der Waals surface area contributed by atoms with Gasteiger partial charge in [-0.25, -0.2) is 9.18 Å². The second kappa shape index (κ2) is 9.13. The summed E-state index contributed by atoms with van der Waals surface area (Å²) in [6.07, 6.45) is -1.12. The number of ketones is 1. The van der Waals surface area contributed by atoms with Crippen molar-refractivity contribution in [2.45, 2.75) is 20.0 Å². The Morgan fingerprint density at radius 2 is 1.47 bits per heavy atom. The first-order valence-electron chi connectivity index (χ1n) is 9.33. The van der Waals surface area contributed by atoms with E-state index in [4.69, 9.17) is 4.74 Å². The van der Waals surface area contributed by atoms with Crippen LogP contribution in [0, 0.1) is 12.7 Å². The maximum atomic E-state index is 13.0. The molecule has 5 nitrogen and oxygen atoms in total. The molecule has 0 aliphatic carbocycles. The zero-order chi connectivity index (χ0) is 21.7. The van der Waals surface area contributed by atoms with Crippen molar-refractivity contribution in [3.63, 3.8) is 0 Å². The molecule has 3 aromatic carbocycles. The highest BCUT2D eigenvalue weighted by Crippen LogP contribution is 2.17. The van der Waals surface area contributed by atoms with Crippen LogP contribution in [-0.4, -0.2) is 23.8 Å². The van der Waals surface area contributed by atoms with E-state index in [0.717, 1.165) is 5.56 Å². The number of nitrogens with one attached hydrogen (secondary N) is 1. The van der Waals surface area contributed by atoms with Gasteiger partial charge in [-0.15, -0.1) is 0 Å². The minimum atomic E-state index is -1.12. The molecule has 1 atom stereocenters. The number of aryl methyl sites for hydroxylation is 1. The number of hydrogen-bond acceptors (Lipinski definition) is 4. The molecule has 6 heteroatoms. The van der Waals surface area contributed by atoms with Crippen molar-refractivity contribution in [1.82, 2.24) is 0 Å². The molecule has 0 spiro atoms. The normalized spacial score (nSPS) is 11.4. The van der Waals surface area contributed by atoms with Crippen LogP contribution < -0.4 is 5.32 Å². The molecule has 0 aromatic heterocycles. The Bertz CT molecular complexity index is 1080. The van der Waals surface area contributed by atoms with Crippen LogP contribution in [0.1, 0.15) is 38.8 Å². The van der Waals surface area contributed by atoms with Gasteiger partial charge in [0, 0.05) is 16.8 Å². The fourth-order valence-corrected chi connectivity index (χ4v) is 2.77. The molecule has 3 aromatic rings. The van der Waals surface area contributed by atoms with E-state index in [2.05, 4.69) is 5.32 Å². The summed E-state index contributed by atoms with van der Waals surface area (Å²) in [7, 11) is 0. The molecular formula is C24H20FNO4. The summed E-state index contributed by atoms with van der Waals surface area (Å²) in [5, 5.41) is 2.54. The first-order chi connectivity index (χ1) is 14.3. The maximum absolute atomic E-state index is 13.0. The van der Waals surface area contributed by atoms with Crippen molar-refractivity contribution in [1.29, 1.82) is 0 Å². The molecule has 1 N–H and O–H groups in total. The molecule has 30 heavy (non-hydrogen) atoms. The molecule has 0 unspecified atom stereocenters. The van der Waals surface area contributed by atoms with E-state index in [0.29, 0.717) is 11.3 Å². The van der Waals surface area contributed by atoms with Crippen molar-refractivity contribution < 1.29 is 23.5 Å².